The molecule has 0 radical (unpaired) electrons. The van der Waals surface area contributed by atoms with E-state index in [4.69, 9.17) is 9.47 Å². The Labute approximate surface area is 196 Å². The van der Waals surface area contributed by atoms with E-state index in [0.717, 1.165) is 29.5 Å². The van der Waals surface area contributed by atoms with Crippen molar-refractivity contribution in [3.05, 3.63) is 94.5 Å². The molecule has 0 N–H and O–H groups in total. The molecule has 0 saturated carbocycles. The minimum absolute atomic E-state index is 0.333. The summed E-state index contributed by atoms with van der Waals surface area (Å²) in [6.45, 7) is 8.39. The van der Waals surface area contributed by atoms with Gasteiger partial charge in [-0.05, 0) is 60.6 Å². The van der Waals surface area contributed by atoms with Crippen LogP contribution in [0.15, 0.2) is 66.7 Å². The molecule has 0 aliphatic rings. The first-order chi connectivity index (χ1) is 15.9. The van der Waals surface area contributed by atoms with Crippen LogP contribution in [0, 0.1) is 5.92 Å². The third-order valence-corrected chi connectivity index (χ3v) is 5.43. The van der Waals surface area contributed by atoms with Crippen LogP contribution in [0.2, 0.25) is 0 Å². The zero-order valence-electron chi connectivity index (χ0n) is 19.9. The van der Waals surface area contributed by atoms with Crippen LogP contribution in [0.4, 0.5) is 0 Å². The highest BCUT2D eigenvalue weighted by atomic mass is 16.6. The van der Waals surface area contributed by atoms with Crippen LogP contribution in [0.25, 0.3) is 0 Å². The fraction of sp³-hybridized carbons (Fsp3) is 0.310. The Morgan fingerprint density at radius 1 is 0.758 bits per heavy atom. The Bertz CT molecular complexity index is 1090. The lowest BCUT2D eigenvalue weighted by Gasteiger charge is -2.22. The molecule has 0 atom stereocenters. The Kier molecular flexibility index (Phi) is 8.42. The van der Waals surface area contributed by atoms with Gasteiger partial charge in [-0.15, -0.1) is 0 Å². The largest absolute Gasteiger partial charge is 0.419 e. The standard InChI is InChI=1S/C29H32O4/c1-5-13-24-19-21(6-2)26(32-28(30)22-14-9-7-10-15-22)27(25(24)18-20(3)4)33-29(31)23-16-11-8-12-17-23/h7-12,14-17,19-20H,5-6,13,18H2,1-4H3. The van der Waals surface area contributed by atoms with Gasteiger partial charge in [0.2, 0.25) is 0 Å². The van der Waals surface area contributed by atoms with Gasteiger partial charge in [-0.2, -0.15) is 0 Å². The third kappa shape index (κ3) is 6.10. The maximum Gasteiger partial charge on any atom is 0.343 e. The van der Waals surface area contributed by atoms with Crippen LogP contribution >= 0.6 is 0 Å². The molecular formula is C29H32O4. The number of ether oxygens (including phenoxy) is 2. The van der Waals surface area contributed by atoms with Gasteiger partial charge in [-0.3, -0.25) is 0 Å². The summed E-state index contributed by atoms with van der Waals surface area (Å²) in [5.74, 6) is 0.102. The molecule has 0 unspecified atom stereocenters. The zero-order valence-corrected chi connectivity index (χ0v) is 19.9. The van der Waals surface area contributed by atoms with Gasteiger partial charge in [-0.25, -0.2) is 9.59 Å². The van der Waals surface area contributed by atoms with E-state index in [1.807, 2.05) is 19.1 Å². The van der Waals surface area contributed by atoms with E-state index in [-0.39, 0.29) is 0 Å². The van der Waals surface area contributed by atoms with Crippen LogP contribution in [-0.2, 0) is 19.3 Å². The van der Waals surface area contributed by atoms with Crippen molar-refractivity contribution in [2.24, 2.45) is 5.92 Å². The fourth-order valence-electron chi connectivity index (χ4n) is 3.85. The lowest BCUT2D eigenvalue weighted by molar-refractivity contribution is 0.0679. The first-order valence-electron chi connectivity index (χ1n) is 11.7. The van der Waals surface area contributed by atoms with Crippen LogP contribution in [0.3, 0.4) is 0 Å². The van der Waals surface area contributed by atoms with E-state index in [9.17, 15) is 9.59 Å². The van der Waals surface area contributed by atoms with Crippen LogP contribution in [-0.4, -0.2) is 11.9 Å². The maximum absolute atomic E-state index is 13.1. The van der Waals surface area contributed by atoms with Gasteiger partial charge < -0.3 is 9.47 Å². The second kappa shape index (κ2) is 11.5. The van der Waals surface area contributed by atoms with Crippen molar-refractivity contribution in [3.8, 4) is 11.5 Å². The number of carbonyl (C=O) groups is 2. The predicted molar refractivity (Wildman–Crippen MR) is 131 cm³/mol. The summed E-state index contributed by atoms with van der Waals surface area (Å²) in [4.78, 5) is 26.0. The molecule has 3 rings (SSSR count). The number of benzene rings is 3. The van der Waals surface area contributed by atoms with Crippen molar-refractivity contribution in [3.63, 3.8) is 0 Å². The summed E-state index contributed by atoms with van der Waals surface area (Å²) in [5.41, 5.74) is 3.82. The quantitative estimate of drug-likeness (QED) is 0.268. The van der Waals surface area contributed by atoms with Crippen LogP contribution in [0.5, 0.6) is 11.5 Å². The van der Waals surface area contributed by atoms with E-state index in [2.05, 4.69) is 26.8 Å². The lowest BCUT2D eigenvalue weighted by Crippen LogP contribution is -2.17. The van der Waals surface area contributed by atoms with Crippen molar-refractivity contribution >= 4 is 11.9 Å². The first-order valence-corrected chi connectivity index (χ1v) is 11.7. The number of hydrogen-bond acceptors (Lipinski definition) is 4. The normalized spacial score (nSPS) is 10.8. The van der Waals surface area contributed by atoms with Gasteiger partial charge >= 0.3 is 11.9 Å². The minimum atomic E-state index is -0.471. The maximum atomic E-state index is 13.1. The Morgan fingerprint density at radius 2 is 1.27 bits per heavy atom. The summed E-state index contributed by atoms with van der Waals surface area (Å²) in [6, 6.07) is 19.9. The van der Waals surface area contributed by atoms with Crippen molar-refractivity contribution < 1.29 is 19.1 Å². The molecule has 0 aliphatic heterocycles. The molecular weight excluding hydrogens is 412 g/mol. The highest BCUT2D eigenvalue weighted by Gasteiger charge is 2.25. The predicted octanol–water partition coefficient (Wildman–Crippen LogP) is 6.84. The molecule has 0 saturated heterocycles. The highest BCUT2D eigenvalue weighted by Crippen LogP contribution is 2.41. The molecule has 0 aliphatic carbocycles. The van der Waals surface area contributed by atoms with Crippen molar-refractivity contribution in [1.82, 2.24) is 0 Å². The van der Waals surface area contributed by atoms with E-state index >= 15 is 0 Å². The average molecular weight is 445 g/mol. The van der Waals surface area contributed by atoms with Gasteiger partial charge in [0.1, 0.15) is 0 Å². The Morgan fingerprint density at radius 3 is 1.73 bits per heavy atom. The van der Waals surface area contributed by atoms with Crippen molar-refractivity contribution in [2.75, 3.05) is 0 Å². The van der Waals surface area contributed by atoms with E-state index in [1.54, 1.807) is 48.5 Å². The summed E-state index contributed by atoms with van der Waals surface area (Å²) < 4.78 is 11.9. The van der Waals surface area contributed by atoms with Crippen LogP contribution in [0.1, 0.15) is 71.5 Å². The zero-order chi connectivity index (χ0) is 23.8. The number of rotatable bonds is 9. The SMILES string of the molecule is CCCc1cc(CC)c(OC(=O)c2ccccc2)c(OC(=O)c2ccccc2)c1CC(C)C. The molecule has 0 spiro atoms. The second-order valence-electron chi connectivity index (χ2n) is 8.54. The summed E-state index contributed by atoms with van der Waals surface area (Å²) in [7, 11) is 0. The molecule has 3 aromatic rings. The summed E-state index contributed by atoms with van der Waals surface area (Å²) >= 11 is 0. The monoisotopic (exact) mass is 444 g/mol. The van der Waals surface area contributed by atoms with Gasteiger partial charge in [0.25, 0.3) is 0 Å². The third-order valence-electron chi connectivity index (χ3n) is 5.43. The van der Waals surface area contributed by atoms with Crippen molar-refractivity contribution in [1.29, 1.82) is 0 Å². The minimum Gasteiger partial charge on any atom is -0.419 e. The molecule has 172 valence electrons. The molecule has 0 amide bonds. The fourth-order valence-corrected chi connectivity index (χ4v) is 3.85. The average Bonchev–Trinajstić information content (AvgIpc) is 2.83. The van der Waals surface area contributed by atoms with Gasteiger partial charge in [0, 0.05) is 5.56 Å². The number of carbonyl (C=O) groups excluding carboxylic acids is 2. The topological polar surface area (TPSA) is 52.6 Å². The number of aryl methyl sites for hydroxylation is 2. The lowest BCUT2D eigenvalue weighted by atomic mass is 9.91. The van der Waals surface area contributed by atoms with Crippen LogP contribution < -0.4 is 9.47 Å². The highest BCUT2D eigenvalue weighted by molar-refractivity contribution is 5.93. The molecule has 4 nitrogen and oxygen atoms in total. The summed E-state index contributed by atoms with van der Waals surface area (Å²) in [5, 5.41) is 0. The van der Waals surface area contributed by atoms with Crippen molar-refractivity contribution in [2.45, 2.75) is 53.4 Å². The van der Waals surface area contributed by atoms with Gasteiger partial charge in [-0.1, -0.05) is 76.6 Å². The number of hydrogen-bond donors (Lipinski definition) is 0. The van der Waals surface area contributed by atoms with E-state index in [0.29, 0.717) is 41.4 Å². The van der Waals surface area contributed by atoms with E-state index < -0.39 is 11.9 Å². The molecule has 3 aromatic carbocycles. The second-order valence-corrected chi connectivity index (χ2v) is 8.54. The molecule has 4 heteroatoms. The molecule has 0 bridgehead atoms. The Hall–Kier alpha value is -3.40. The van der Waals surface area contributed by atoms with Gasteiger partial charge in [0.15, 0.2) is 11.5 Å². The first kappa shape index (κ1) is 24.2. The molecule has 0 aromatic heterocycles. The Balaban J connectivity index is 2.15. The number of esters is 2. The summed E-state index contributed by atoms with van der Waals surface area (Å²) in [6.07, 6.45) is 3.18. The molecule has 33 heavy (non-hydrogen) atoms. The molecule has 0 fully saturated rings. The molecule has 0 heterocycles. The van der Waals surface area contributed by atoms with Gasteiger partial charge in [0.05, 0.1) is 11.1 Å². The van der Waals surface area contributed by atoms with E-state index in [1.165, 1.54) is 0 Å². The smallest absolute Gasteiger partial charge is 0.343 e.